The van der Waals surface area contributed by atoms with Crippen LogP contribution in [0.25, 0.3) is 0 Å². The van der Waals surface area contributed by atoms with Gasteiger partial charge in [-0.2, -0.15) is 0 Å². The van der Waals surface area contributed by atoms with E-state index in [-0.39, 0.29) is 218 Å². The van der Waals surface area contributed by atoms with Gasteiger partial charge in [0.05, 0.1) is 46.3 Å². The lowest BCUT2D eigenvalue weighted by Crippen LogP contribution is -2.37. The number of carbonyl (C=O) groups is 8. The molecule has 8 fully saturated rings. The van der Waals surface area contributed by atoms with Crippen LogP contribution in [-0.2, 0) is 95.2 Å². The normalized spacial score (nSPS) is 28.8. The van der Waals surface area contributed by atoms with E-state index in [1.165, 1.54) is 14.2 Å². The Labute approximate surface area is 558 Å². The van der Waals surface area contributed by atoms with Crippen molar-refractivity contribution in [2.24, 2.45) is 93.7 Å². The van der Waals surface area contributed by atoms with Gasteiger partial charge < -0.3 is 56.8 Å². The maximum absolute atomic E-state index is 12.3. The third kappa shape index (κ3) is 25.3. The molecule has 20 nitrogen and oxygen atoms in total. The van der Waals surface area contributed by atoms with Crippen LogP contribution in [0.15, 0.2) is 0 Å². The van der Waals surface area contributed by atoms with E-state index in [1.54, 1.807) is 0 Å². The van der Waals surface area contributed by atoms with E-state index in [2.05, 4.69) is 0 Å². The van der Waals surface area contributed by atoms with Crippen molar-refractivity contribution in [1.82, 2.24) is 0 Å². The van der Waals surface area contributed by atoms with Crippen molar-refractivity contribution in [3.63, 3.8) is 0 Å². The van der Waals surface area contributed by atoms with Crippen LogP contribution < -0.4 is 0 Å². The van der Waals surface area contributed by atoms with E-state index in [0.717, 1.165) is 103 Å². The van der Waals surface area contributed by atoms with Crippen molar-refractivity contribution < 1.29 is 95.2 Å². The minimum absolute atomic E-state index is 0. The molecule has 18 unspecified atom stereocenters. The molecule has 544 valence electrons. The van der Waals surface area contributed by atoms with Gasteiger partial charge in [-0.25, -0.2) is 0 Å². The zero-order chi connectivity index (χ0) is 62.1. The Balaban J connectivity index is -0.000000546. The third-order valence-electron chi connectivity index (χ3n) is 19.8. The molecule has 0 aliphatic heterocycles. The number of hydrogen-bond donors (Lipinski definition) is 0. The number of methoxy groups -OCH3 is 2. The first-order valence-corrected chi connectivity index (χ1v) is 31.5. The van der Waals surface area contributed by atoms with Crippen molar-refractivity contribution in [3.05, 3.63) is 0 Å². The fourth-order valence-corrected chi connectivity index (χ4v) is 13.5. The number of ether oxygens (including phenoxy) is 12. The van der Waals surface area contributed by atoms with Gasteiger partial charge in [0, 0.05) is 51.1 Å². The second-order valence-corrected chi connectivity index (χ2v) is 26.2. The van der Waals surface area contributed by atoms with E-state index >= 15 is 0 Å². The van der Waals surface area contributed by atoms with Crippen LogP contribution in [0, 0.1) is 93.7 Å². The molecule has 8 aliphatic carbocycles. The minimum atomic E-state index is -0.465. The van der Waals surface area contributed by atoms with E-state index in [1.807, 2.05) is 83.1 Å². The lowest BCUT2D eigenvalue weighted by Gasteiger charge is -2.31. The average Bonchev–Trinajstić information content (AvgIpc) is 1.67. The second kappa shape index (κ2) is 44.4. The molecule has 8 saturated carbocycles. The van der Waals surface area contributed by atoms with Gasteiger partial charge >= 0.3 is 47.8 Å². The Kier molecular flexibility index (Phi) is 45.3. The van der Waals surface area contributed by atoms with Crippen molar-refractivity contribution in [2.75, 3.05) is 54.6 Å². The zero-order valence-corrected chi connectivity index (χ0v) is 53.1. The van der Waals surface area contributed by atoms with Gasteiger partial charge in [-0.05, 0) is 168 Å². The maximum Gasteiger partial charge on any atom is 0.311 e. The van der Waals surface area contributed by atoms with Crippen LogP contribution in [0.5, 0.6) is 0 Å². The monoisotopic (exact) mass is 1320 g/mol. The number of rotatable bonds is 26. The average molecular weight is 1320 g/mol. The maximum atomic E-state index is 12.3. The molecule has 8 bridgehead atoms. The summed E-state index contributed by atoms with van der Waals surface area (Å²) in [6.45, 7) is 24.0. The Morgan fingerprint density at radius 1 is 0.359 bits per heavy atom. The molecule has 0 N–H and O–H groups in total. The molecule has 0 heterocycles. The van der Waals surface area contributed by atoms with Gasteiger partial charge in [-0.15, -0.1) is 0 Å². The number of esters is 8. The van der Waals surface area contributed by atoms with Gasteiger partial charge in [-0.1, -0.05) is 101 Å². The first-order chi connectivity index (χ1) is 39.9. The summed E-state index contributed by atoms with van der Waals surface area (Å²) >= 11 is 0. The molecule has 0 aromatic heterocycles. The Hall–Kier alpha value is -4.40. The summed E-state index contributed by atoms with van der Waals surface area (Å²) < 4.78 is 62.7. The summed E-state index contributed by atoms with van der Waals surface area (Å²) in [6, 6.07) is 0. The largest absolute Gasteiger partial charge is 0.462 e. The summed E-state index contributed by atoms with van der Waals surface area (Å²) in [5, 5.41) is 0. The highest BCUT2D eigenvalue weighted by molar-refractivity contribution is 5.78. The highest BCUT2D eigenvalue weighted by Crippen LogP contribution is 2.54. The van der Waals surface area contributed by atoms with Crippen LogP contribution in [0.3, 0.4) is 0 Å². The highest BCUT2D eigenvalue weighted by Gasteiger charge is 2.55. The molecule has 0 aromatic rings. The van der Waals surface area contributed by atoms with E-state index < -0.39 is 10.8 Å². The fourth-order valence-electron chi connectivity index (χ4n) is 13.5. The SMILES string of the molecule is C.C.C.C.C.C.C.C.CCC(C)(C)C(=O)OC1CC2CC(C(=O)OCOC)C1C2.CCC(C)C(=O)OC1CC2CC(C(=O)OCOC)C1C2.CCOCOC(=O)C1CC2CC(OC(=O)C(C)(C)CC)C1C2.CCOCOC(=O)C1CC2CC(OC(=O)C(C)CC)C1C2. The number of fused-ring (bicyclic) bond motifs is 8. The molecule has 0 spiro atoms. The van der Waals surface area contributed by atoms with Gasteiger partial charge in [-0.3, -0.25) is 38.4 Å². The lowest BCUT2D eigenvalue weighted by atomic mass is 9.86. The summed E-state index contributed by atoms with van der Waals surface area (Å²) in [5.74, 6) is 0.160. The summed E-state index contributed by atoms with van der Waals surface area (Å²) in [7, 11) is 2.98. The number of carbonyl (C=O) groups excluding carboxylic acids is 8. The van der Waals surface area contributed by atoms with Gasteiger partial charge in [0.25, 0.3) is 0 Å². The standard InChI is InChI=1S/C17H28O5.2C16H26O5.C15H24O5.8CH4/c1-5-17(3,4)16(19)22-14-9-11-7-12(14)13(8-11)15(18)21-10-20-6-2;1-5-16(2,3)15(18)21-13-8-10-6-11(13)12(7-10)14(17)20-9-19-4;1-4-10(3)15(17)21-14-8-11-6-12(14)13(7-11)16(18)20-9-19-5-2;1-4-9(2)14(16)20-13-7-10-5-11(13)12(6-10)15(17)19-8-18-3;;;;;;;;/h11-14H,5-10H2,1-4H3;10-13H,5-9H2,1-4H3;10-14H,4-9H2,1-3H3;9-13H,4-8H2,1-3H3;8*1H4. The Morgan fingerprint density at radius 3 is 0.804 bits per heavy atom. The quantitative estimate of drug-likeness (QED) is 0.0338. The van der Waals surface area contributed by atoms with E-state index in [4.69, 9.17) is 56.8 Å². The summed E-state index contributed by atoms with van der Waals surface area (Å²) in [4.78, 5) is 96.6. The predicted octanol–water partition coefficient (Wildman–Crippen LogP) is 15.2. The summed E-state index contributed by atoms with van der Waals surface area (Å²) in [5.41, 5.74) is -0.930. The molecular weight excluding hydrogens is 1180 g/mol. The topological polar surface area (TPSA) is 247 Å². The van der Waals surface area contributed by atoms with Gasteiger partial charge in [0.2, 0.25) is 0 Å². The molecular formula is C72H136O20. The molecule has 18 atom stereocenters. The van der Waals surface area contributed by atoms with E-state index in [0.29, 0.717) is 36.9 Å². The molecule has 0 saturated heterocycles. The molecule has 92 heavy (non-hydrogen) atoms. The van der Waals surface area contributed by atoms with Crippen LogP contribution in [0.1, 0.15) is 245 Å². The van der Waals surface area contributed by atoms with Gasteiger partial charge in [0.15, 0.2) is 27.2 Å². The molecule has 8 aliphatic rings. The van der Waals surface area contributed by atoms with Crippen molar-refractivity contribution in [1.29, 1.82) is 0 Å². The molecule has 20 heteroatoms. The Morgan fingerprint density at radius 2 is 0.598 bits per heavy atom. The smallest absolute Gasteiger partial charge is 0.311 e. The fraction of sp³-hybridized carbons (Fsp3) is 0.889. The molecule has 8 rings (SSSR count). The third-order valence-corrected chi connectivity index (χ3v) is 19.8. The van der Waals surface area contributed by atoms with E-state index in [9.17, 15) is 38.4 Å². The van der Waals surface area contributed by atoms with Crippen LogP contribution in [0.4, 0.5) is 0 Å². The van der Waals surface area contributed by atoms with Crippen LogP contribution in [-0.4, -0.2) is 127 Å². The predicted molar refractivity (Wildman–Crippen MR) is 359 cm³/mol. The molecule has 0 radical (unpaired) electrons. The zero-order valence-electron chi connectivity index (χ0n) is 53.1. The van der Waals surface area contributed by atoms with Crippen molar-refractivity contribution in [3.8, 4) is 0 Å². The highest BCUT2D eigenvalue weighted by atomic mass is 16.7. The first kappa shape index (κ1) is 94.0. The molecule has 0 aromatic carbocycles. The van der Waals surface area contributed by atoms with Crippen LogP contribution >= 0.6 is 0 Å². The number of hydrogen-bond acceptors (Lipinski definition) is 20. The van der Waals surface area contributed by atoms with Crippen molar-refractivity contribution >= 4 is 47.8 Å². The van der Waals surface area contributed by atoms with Gasteiger partial charge in [0.1, 0.15) is 24.4 Å². The Bertz CT molecular complexity index is 2160. The minimum Gasteiger partial charge on any atom is -0.462 e. The first-order valence-electron chi connectivity index (χ1n) is 31.5. The van der Waals surface area contributed by atoms with Crippen LogP contribution in [0.2, 0.25) is 0 Å². The summed E-state index contributed by atoms with van der Waals surface area (Å²) in [6.07, 6.45) is 13.3. The molecule has 0 amide bonds. The second-order valence-electron chi connectivity index (χ2n) is 26.2. The lowest BCUT2D eigenvalue weighted by molar-refractivity contribution is -0.172. The van der Waals surface area contributed by atoms with Crippen molar-refractivity contribution in [2.45, 2.75) is 270 Å².